The Morgan fingerprint density at radius 1 is 1.13 bits per heavy atom. The zero-order chi connectivity index (χ0) is 17.5. The fourth-order valence-corrected chi connectivity index (χ4v) is 1.91. The number of carbonyl (C=O) groups is 2. The van der Waals surface area contributed by atoms with Crippen LogP contribution in [0.25, 0.3) is 0 Å². The fraction of sp³-hybridized carbons (Fsp3) is 0.467. The second kappa shape index (κ2) is 8.40. The van der Waals surface area contributed by atoms with Crippen molar-refractivity contribution in [3.63, 3.8) is 0 Å². The standard InChI is InChI=1S/C15H20F3N3O2/c1-3-4-5-8-19-14(23)21-13-7-6-11(20-10(2)22)9-12(13)15(16,17)18/h6-7,9H,3-5,8H2,1-2H3,(H,20,22)(H2,19,21,23). The highest BCUT2D eigenvalue weighted by molar-refractivity contribution is 5.92. The van der Waals surface area contributed by atoms with Crippen LogP contribution in [-0.4, -0.2) is 18.5 Å². The summed E-state index contributed by atoms with van der Waals surface area (Å²) in [5.41, 5.74) is -1.37. The molecule has 0 saturated carbocycles. The summed E-state index contributed by atoms with van der Waals surface area (Å²) in [6.07, 6.45) is -1.98. The number of amides is 3. The minimum Gasteiger partial charge on any atom is -0.338 e. The summed E-state index contributed by atoms with van der Waals surface area (Å²) >= 11 is 0. The van der Waals surface area contributed by atoms with Crippen LogP contribution in [-0.2, 0) is 11.0 Å². The van der Waals surface area contributed by atoms with Crippen molar-refractivity contribution in [3.8, 4) is 0 Å². The van der Waals surface area contributed by atoms with Gasteiger partial charge in [0.05, 0.1) is 11.3 Å². The van der Waals surface area contributed by atoms with Gasteiger partial charge in [0.1, 0.15) is 0 Å². The van der Waals surface area contributed by atoms with Crippen LogP contribution in [0.4, 0.5) is 29.3 Å². The Morgan fingerprint density at radius 3 is 2.39 bits per heavy atom. The molecule has 0 unspecified atom stereocenters. The van der Waals surface area contributed by atoms with Gasteiger partial charge in [-0.3, -0.25) is 4.79 Å². The minimum atomic E-state index is -4.65. The predicted octanol–water partition coefficient (Wildman–Crippen LogP) is 3.98. The van der Waals surface area contributed by atoms with E-state index >= 15 is 0 Å². The number of benzene rings is 1. The van der Waals surface area contributed by atoms with Crippen LogP contribution >= 0.6 is 0 Å². The maximum atomic E-state index is 13.1. The molecule has 0 atom stereocenters. The zero-order valence-corrected chi connectivity index (χ0v) is 13.0. The summed E-state index contributed by atoms with van der Waals surface area (Å²) in [7, 11) is 0. The summed E-state index contributed by atoms with van der Waals surface area (Å²) in [5.74, 6) is -0.479. The first kappa shape index (κ1) is 18.8. The van der Waals surface area contributed by atoms with Crippen LogP contribution in [0.3, 0.4) is 0 Å². The lowest BCUT2D eigenvalue weighted by Crippen LogP contribution is -2.30. The molecule has 8 heteroatoms. The van der Waals surface area contributed by atoms with E-state index in [1.165, 1.54) is 13.0 Å². The molecule has 0 aromatic heterocycles. The minimum absolute atomic E-state index is 0.0127. The summed E-state index contributed by atoms with van der Waals surface area (Å²) in [4.78, 5) is 22.6. The Bertz CT molecular complexity index is 559. The molecule has 0 heterocycles. The van der Waals surface area contributed by atoms with Crippen molar-refractivity contribution in [1.82, 2.24) is 5.32 Å². The van der Waals surface area contributed by atoms with Crippen molar-refractivity contribution in [1.29, 1.82) is 0 Å². The molecule has 1 rings (SSSR count). The van der Waals surface area contributed by atoms with E-state index in [0.717, 1.165) is 31.4 Å². The number of nitrogens with one attached hydrogen (secondary N) is 3. The van der Waals surface area contributed by atoms with Crippen molar-refractivity contribution in [2.75, 3.05) is 17.2 Å². The highest BCUT2D eigenvalue weighted by Crippen LogP contribution is 2.36. The van der Waals surface area contributed by atoms with E-state index in [-0.39, 0.29) is 11.4 Å². The smallest absolute Gasteiger partial charge is 0.338 e. The Labute approximate surface area is 132 Å². The van der Waals surface area contributed by atoms with Crippen LogP contribution in [0.5, 0.6) is 0 Å². The normalized spacial score (nSPS) is 11.0. The summed E-state index contributed by atoms with van der Waals surface area (Å²) in [6.45, 7) is 3.60. The third kappa shape index (κ3) is 6.58. The Hall–Kier alpha value is -2.25. The highest BCUT2D eigenvalue weighted by Gasteiger charge is 2.34. The van der Waals surface area contributed by atoms with Crippen molar-refractivity contribution >= 4 is 23.3 Å². The first-order valence-corrected chi connectivity index (χ1v) is 7.27. The number of hydrogen-bond donors (Lipinski definition) is 3. The van der Waals surface area contributed by atoms with E-state index in [2.05, 4.69) is 16.0 Å². The molecule has 0 aliphatic rings. The van der Waals surface area contributed by atoms with Crippen molar-refractivity contribution in [2.45, 2.75) is 39.3 Å². The molecule has 3 N–H and O–H groups in total. The van der Waals surface area contributed by atoms with E-state index in [1.54, 1.807) is 0 Å². The number of unbranched alkanes of at least 4 members (excludes halogenated alkanes) is 2. The van der Waals surface area contributed by atoms with Crippen LogP contribution in [0.2, 0.25) is 0 Å². The number of alkyl halides is 3. The molecule has 0 aliphatic carbocycles. The second-order valence-electron chi connectivity index (χ2n) is 5.03. The summed E-state index contributed by atoms with van der Waals surface area (Å²) in [5, 5.41) is 6.97. The van der Waals surface area contributed by atoms with Gasteiger partial charge in [0.2, 0.25) is 5.91 Å². The first-order chi connectivity index (χ1) is 10.7. The van der Waals surface area contributed by atoms with E-state index in [9.17, 15) is 22.8 Å². The number of hydrogen-bond acceptors (Lipinski definition) is 2. The third-order valence-electron chi connectivity index (χ3n) is 2.96. The second-order valence-corrected chi connectivity index (χ2v) is 5.03. The Morgan fingerprint density at radius 2 is 1.83 bits per heavy atom. The van der Waals surface area contributed by atoms with E-state index in [0.29, 0.717) is 6.54 Å². The number of carbonyl (C=O) groups excluding carboxylic acids is 2. The Balaban J connectivity index is 2.84. The molecule has 128 valence electrons. The van der Waals surface area contributed by atoms with Gasteiger partial charge in [-0.15, -0.1) is 0 Å². The quantitative estimate of drug-likeness (QED) is 0.690. The molecule has 1 aromatic carbocycles. The SMILES string of the molecule is CCCCCNC(=O)Nc1ccc(NC(C)=O)cc1C(F)(F)F. The molecule has 5 nitrogen and oxygen atoms in total. The van der Waals surface area contributed by atoms with Crippen LogP contribution in [0.15, 0.2) is 18.2 Å². The number of urea groups is 1. The fourth-order valence-electron chi connectivity index (χ4n) is 1.91. The molecular weight excluding hydrogens is 311 g/mol. The molecule has 23 heavy (non-hydrogen) atoms. The summed E-state index contributed by atoms with van der Waals surface area (Å²) < 4.78 is 39.3. The number of halogens is 3. The Kier molecular flexibility index (Phi) is 6.87. The molecule has 0 fully saturated rings. The van der Waals surface area contributed by atoms with Crippen LogP contribution in [0.1, 0.15) is 38.7 Å². The van der Waals surface area contributed by atoms with E-state index in [1.807, 2.05) is 6.92 Å². The molecule has 3 amide bonds. The van der Waals surface area contributed by atoms with E-state index in [4.69, 9.17) is 0 Å². The third-order valence-corrected chi connectivity index (χ3v) is 2.96. The topological polar surface area (TPSA) is 70.2 Å². The van der Waals surface area contributed by atoms with Gasteiger partial charge in [-0.05, 0) is 24.6 Å². The molecule has 1 aromatic rings. The van der Waals surface area contributed by atoms with Gasteiger partial charge in [-0.1, -0.05) is 19.8 Å². The van der Waals surface area contributed by atoms with Crippen molar-refractivity contribution < 1.29 is 22.8 Å². The molecule has 0 aliphatic heterocycles. The summed E-state index contributed by atoms with van der Waals surface area (Å²) in [6, 6.07) is 2.50. The molecule has 0 spiro atoms. The lowest BCUT2D eigenvalue weighted by molar-refractivity contribution is -0.137. The highest BCUT2D eigenvalue weighted by atomic mass is 19.4. The van der Waals surface area contributed by atoms with Gasteiger partial charge in [0.25, 0.3) is 0 Å². The molecule has 0 radical (unpaired) electrons. The maximum absolute atomic E-state index is 13.1. The van der Waals surface area contributed by atoms with Gasteiger partial charge in [0.15, 0.2) is 0 Å². The van der Waals surface area contributed by atoms with Crippen LogP contribution in [0, 0.1) is 0 Å². The number of anilines is 2. The van der Waals surface area contributed by atoms with Crippen molar-refractivity contribution in [2.24, 2.45) is 0 Å². The van der Waals surface area contributed by atoms with E-state index < -0.39 is 23.7 Å². The lowest BCUT2D eigenvalue weighted by Gasteiger charge is -2.16. The van der Waals surface area contributed by atoms with Gasteiger partial charge < -0.3 is 16.0 Å². The zero-order valence-electron chi connectivity index (χ0n) is 13.0. The largest absolute Gasteiger partial charge is 0.418 e. The molecule has 0 bridgehead atoms. The first-order valence-electron chi connectivity index (χ1n) is 7.27. The molecule has 0 saturated heterocycles. The monoisotopic (exact) mass is 331 g/mol. The van der Waals surface area contributed by atoms with Gasteiger partial charge >= 0.3 is 12.2 Å². The lowest BCUT2D eigenvalue weighted by atomic mass is 10.1. The maximum Gasteiger partial charge on any atom is 0.418 e. The van der Waals surface area contributed by atoms with Crippen molar-refractivity contribution in [3.05, 3.63) is 23.8 Å². The van der Waals surface area contributed by atoms with Gasteiger partial charge in [-0.2, -0.15) is 13.2 Å². The predicted molar refractivity (Wildman–Crippen MR) is 82.3 cm³/mol. The van der Waals surface area contributed by atoms with Gasteiger partial charge in [0, 0.05) is 19.2 Å². The number of rotatable bonds is 6. The molecular formula is C15H20F3N3O2. The van der Waals surface area contributed by atoms with Crippen LogP contribution < -0.4 is 16.0 Å². The van der Waals surface area contributed by atoms with Gasteiger partial charge in [-0.25, -0.2) is 4.79 Å². The average molecular weight is 331 g/mol. The average Bonchev–Trinajstić information content (AvgIpc) is 2.43.